The van der Waals surface area contributed by atoms with Crippen molar-refractivity contribution < 1.29 is 13.6 Å². The lowest BCUT2D eigenvalue weighted by atomic mass is 10.1. The Morgan fingerprint density at radius 2 is 1.78 bits per heavy atom. The molecule has 118 valence electrons. The Morgan fingerprint density at radius 3 is 2.43 bits per heavy atom. The van der Waals surface area contributed by atoms with Crippen LogP contribution in [-0.4, -0.2) is 20.7 Å². The Labute approximate surface area is 130 Å². The topological polar surface area (TPSA) is 59.8 Å². The van der Waals surface area contributed by atoms with E-state index in [0.29, 0.717) is 28.0 Å². The van der Waals surface area contributed by atoms with E-state index in [0.717, 1.165) is 18.2 Å². The zero-order chi connectivity index (χ0) is 16.7. The minimum Gasteiger partial charge on any atom is -0.322 e. The van der Waals surface area contributed by atoms with Gasteiger partial charge in [-0.2, -0.15) is 5.10 Å². The third kappa shape index (κ3) is 2.77. The first-order valence-corrected chi connectivity index (χ1v) is 6.93. The molecule has 1 aromatic carbocycles. The summed E-state index contributed by atoms with van der Waals surface area (Å²) in [4.78, 5) is 16.9. The Balaban J connectivity index is 2.07. The van der Waals surface area contributed by atoms with Gasteiger partial charge in [0.25, 0.3) is 5.91 Å². The summed E-state index contributed by atoms with van der Waals surface area (Å²) in [6.45, 7) is 3.54. The molecule has 3 rings (SSSR count). The van der Waals surface area contributed by atoms with Crippen molar-refractivity contribution in [2.75, 3.05) is 5.32 Å². The van der Waals surface area contributed by atoms with Crippen molar-refractivity contribution in [1.29, 1.82) is 0 Å². The number of hydrogen-bond acceptors (Lipinski definition) is 3. The van der Waals surface area contributed by atoms with E-state index < -0.39 is 17.5 Å². The van der Waals surface area contributed by atoms with Crippen LogP contribution in [0.2, 0.25) is 0 Å². The average Bonchev–Trinajstić information content (AvgIpc) is 2.71. The molecule has 0 spiro atoms. The van der Waals surface area contributed by atoms with Gasteiger partial charge in [0.1, 0.15) is 11.6 Å². The van der Waals surface area contributed by atoms with Gasteiger partial charge in [-0.25, -0.2) is 13.8 Å². The molecule has 0 atom stereocenters. The van der Waals surface area contributed by atoms with E-state index in [4.69, 9.17) is 0 Å². The van der Waals surface area contributed by atoms with E-state index >= 15 is 0 Å². The van der Waals surface area contributed by atoms with Crippen molar-refractivity contribution in [2.45, 2.75) is 13.8 Å². The number of fused-ring (bicyclic) bond motifs is 1. The van der Waals surface area contributed by atoms with E-state index in [-0.39, 0.29) is 5.69 Å². The predicted molar refractivity (Wildman–Crippen MR) is 82.3 cm³/mol. The number of carbonyl (C=O) groups excluding carboxylic acids is 1. The fraction of sp³-hybridized carbons (Fsp3) is 0.188. The molecule has 0 radical (unpaired) electrons. The van der Waals surface area contributed by atoms with Crippen LogP contribution in [0.4, 0.5) is 14.5 Å². The van der Waals surface area contributed by atoms with E-state index in [2.05, 4.69) is 15.4 Å². The maximum atomic E-state index is 13.3. The minimum atomic E-state index is -0.756. The molecule has 0 saturated carbocycles. The van der Waals surface area contributed by atoms with E-state index in [9.17, 15) is 13.6 Å². The number of anilines is 1. The molecule has 0 aliphatic carbocycles. The molecule has 0 aliphatic heterocycles. The number of carbonyl (C=O) groups is 1. The lowest BCUT2D eigenvalue weighted by Crippen LogP contribution is -2.13. The van der Waals surface area contributed by atoms with Crippen molar-refractivity contribution in [1.82, 2.24) is 14.8 Å². The number of amides is 1. The second-order valence-electron chi connectivity index (χ2n) is 5.33. The Hall–Kier alpha value is -2.83. The highest BCUT2D eigenvalue weighted by molar-refractivity contribution is 6.12. The van der Waals surface area contributed by atoms with Crippen LogP contribution in [0.15, 0.2) is 24.3 Å². The molecule has 1 N–H and O–H groups in total. The second kappa shape index (κ2) is 5.42. The van der Waals surface area contributed by atoms with Crippen LogP contribution >= 0.6 is 0 Å². The summed E-state index contributed by atoms with van der Waals surface area (Å²) in [5.41, 5.74) is 2.30. The molecule has 0 fully saturated rings. The third-order valence-corrected chi connectivity index (χ3v) is 3.46. The first-order valence-electron chi connectivity index (χ1n) is 6.93. The van der Waals surface area contributed by atoms with Crippen molar-refractivity contribution in [3.63, 3.8) is 0 Å². The maximum absolute atomic E-state index is 13.3. The van der Waals surface area contributed by atoms with Gasteiger partial charge in [0, 0.05) is 24.5 Å². The average molecular weight is 316 g/mol. The molecule has 2 heterocycles. The Bertz CT molecular complexity index is 913. The van der Waals surface area contributed by atoms with E-state index in [1.54, 1.807) is 31.6 Å². The standard InChI is InChI=1S/C16H14F2N4O/c1-8-4-13(14-9(2)21-22(3)15(14)19-8)16(23)20-12-6-10(17)5-11(18)7-12/h4-7H,1-3H3,(H,20,23). The molecular formula is C16H14F2N4O. The van der Waals surface area contributed by atoms with Gasteiger partial charge < -0.3 is 5.32 Å². The van der Waals surface area contributed by atoms with Gasteiger partial charge in [-0.15, -0.1) is 0 Å². The summed E-state index contributed by atoms with van der Waals surface area (Å²) in [5.74, 6) is -1.98. The fourth-order valence-electron chi connectivity index (χ4n) is 2.57. The minimum absolute atomic E-state index is 0.0525. The highest BCUT2D eigenvalue weighted by Crippen LogP contribution is 2.23. The number of aryl methyl sites for hydroxylation is 3. The summed E-state index contributed by atoms with van der Waals surface area (Å²) >= 11 is 0. The predicted octanol–water partition coefficient (Wildman–Crippen LogP) is 3.12. The van der Waals surface area contributed by atoms with Gasteiger partial charge >= 0.3 is 0 Å². The largest absolute Gasteiger partial charge is 0.322 e. The lowest BCUT2D eigenvalue weighted by Gasteiger charge is -2.08. The van der Waals surface area contributed by atoms with Crippen LogP contribution in [0, 0.1) is 25.5 Å². The number of hydrogen-bond donors (Lipinski definition) is 1. The van der Waals surface area contributed by atoms with Gasteiger partial charge in [-0.05, 0) is 32.0 Å². The number of rotatable bonds is 2. The van der Waals surface area contributed by atoms with Crippen molar-refractivity contribution >= 4 is 22.6 Å². The number of nitrogens with zero attached hydrogens (tertiary/aromatic N) is 3. The second-order valence-corrected chi connectivity index (χ2v) is 5.33. The van der Waals surface area contributed by atoms with Gasteiger partial charge in [0.2, 0.25) is 0 Å². The molecule has 5 nitrogen and oxygen atoms in total. The van der Waals surface area contributed by atoms with Gasteiger partial charge in [-0.3, -0.25) is 9.48 Å². The summed E-state index contributed by atoms with van der Waals surface area (Å²) in [6, 6.07) is 4.49. The Morgan fingerprint density at radius 1 is 1.13 bits per heavy atom. The quantitative estimate of drug-likeness (QED) is 0.790. The molecule has 2 aromatic heterocycles. The zero-order valence-corrected chi connectivity index (χ0v) is 12.8. The van der Waals surface area contributed by atoms with E-state index in [1.165, 1.54) is 0 Å². The van der Waals surface area contributed by atoms with Crippen LogP contribution in [0.5, 0.6) is 0 Å². The van der Waals surface area contributed by atoms with Crippen LogP contribution in [0.25, 0.3) is 11.0 Å². The lowest BCUT2D eigenvalue weighted by molar-refractivity contribution is 0.102. The first kappa shape index (κ1) is 15.1. The summed E-state index contributed by atoms with van der Waals surface area (Å²) in [6.07, 6.45) is 0. The molecular weight excluding hydrogens is 302 g/mol. The molecule has 0 bridgehead atoms. The van der Waals surface area contributed by atoms with Gasteiger partial charge in [0.15, 0.2) is 5.65 Å². The summed E-state index contributed by atoms with van der Waals surface area (Å²) in [7, 11) is 1.74. The zero-order valence-electron chi connectivity index (χ0n) is 12.8. The molecule has 23 heavy (non-hydrogen) atoms. The molecule has 3 aromatic rings. The van der Waals surface area contributed by atoms with Crippen LogP contribution in [-0.2, 0) is 7.05 Å². The normalized spacial score (nSPS) is 11.0. The maximum Gasteiger partial charge on any atom is 0.256 e. The number of nitrogens with one attached hydrogen (secondary N) is 1. The molecule has 0 saturated heterocycles. The van der Waals surface area contributed by atoms with Gasteiger partial charge in [-0.1, -0.05) is 0 Å². The molecule has 7 heteroatoms. The van der Waals surface area contributed by atoms with Crippen LogP contribution in [0.1, 0.15) is 21.7 Å². The number of aromatic nitrogens is 3. The number of benzene rings is 1. The highest BCUT2D eigenvalue weighted by Gasteiger charge is 2.18. The SMILES string of the molecule is Cc1cc(C(=O)Nc2cc(F)cc(F)c2)c2c(C)nn(C)c2n1. The van der Waals surface area contributed by atoms with Gasteiger partial charge in [0.05, 0.1) is 16.6 Å². The van der Waals surface area contributed by atoms with Crippen molar-refractivity contribution in [3.05, 3.63) is 52.9 Å². The van der Waals surface area contributed by atoms with Crippen LogP contribution in [0.3, 0.4) is 0 Å². The molecule has 1 amide bonds. The van der Waals surface area contributed by atoms with Crippen LogP contribution < -0.4 is 5.32 Å². The first-order chi connectivity index (χ1) is 10.8. The Kier molecular flexibility index (Phi) is 3.55. The van der Waals surface area contributed by atoms with Crippen molar-refractivity contribution in [3.8, 4) is 0 Å². The summed E-state index contributed by atoms with van der Waals surface area (Å²) in [5, 5.41) is 7.39. The van der Waals surface area contributed by atoms with Crippen molar-refractivity contribution in [2.24, 2.45) is 7.05 Å². The summed E-state index contributed by atoms with van der Waals surface area (Å²) < 4.78 is 28.1. The van der Waals surface area contributed by atoms with E-state index in [1.807, 2.05) is 0 Å². The fourth-order valence-corrected chi connectivity index (χ4v) is 2.57. The highest BCUT2D eigenvalue weighted by atomic mass is 19.1. The molecule has 0 aliphatic rings. The smallest absolute Gasteiger partial charge is 0.256 e. The number of pyridine rings is 1. The number of halogens is 2. The monoisotopic (exact) mass is 316 g/mol. The molecule has 0 unspecified atom stereocenters. The third-order valence-electron chi connectivity index (χ3n) is 3.46.